The molecule has 0 aliphatic heterocycles. The third-order valence-electron chi connectivity index (χ3n) is 4.88. The van der Waals surface area contributed by atoms with Crippen molar-refractivity contribution in [3.63, 3.8) is 0 Å². The van der Waals surface area contributed by atoms with E-state index in [9.17, 15) is 14.4 Å². The summed E-state index contributed by atoms with van der Waals surface area (Å²) < 4.78 is 2.23. The summed E-state index contributed by atoms with van der Waals surface area (Å²) in [5.41, 5.74) is 2.77. The second-order valence-electron chi connectivity index (χ2n) is 6.88. The Labute approximate surface area is 176 Å². The first-order chi connectivity index (χ1) is 15.1. The van der Waals surface area contributed by atoms with Crippen molar-refractivity contribution in [2.45, 2.75) is 13.2 Å². The van der Waals surface area contributed by atoms with Crippen molar-refractivity contribution in [2.24, 2.45) is 0 Å². The van der Waals surface area contributed by atoms with E-state index in [1.165, 1.54) is 16.7 Å². The molecule has 0 atom stereocenters. The fourth-order valence-electron chi connectivity index (χ4n) is 3.29. The fourth-order valence-corrected chi connectivity index (χ4v) is 3.29. The van der Waals surface area contributed by atoms with Gasteiger partial charge in [-0.1, -0.05) is 59.3 Å². The molecule has 0 aliphatic carbocycles. The lowest BCUT2D eigenvalue weighted by molar-refractivity contribution is 0.0706. The summed E-state index contributed by atoms with van der Waals surface area (Å²) in [5, 5.41) is 9.10. The molecular formula is C23H19N3O5. The van der Waals surface area contributed by atoms with Gasteiger partial charge in [0.15, 0.2) is 0 Å². The minimum atomic E-state index is -0.628. The molecule has 31 heavy (non-hydrogen) atoms. The normalized spacial score (nSPS) is 10.7. The summed E-state index contributed by atoms with van der Waals surface area (Å²) in [6.45, 7) is 0.231. The van der Waals surface area contributed by atoms with Gasteiger partial charge in [0.2, 0.25) is 0 Å². The number of benzene rings is 3. The number of aromatic nitrogens is 2. The minimum absolute atomic E-state index is 0.0687. The first-order valence-corrected chi connectivity index (χ1v) is 9.53. The van der Waals surface area contributed by atoms with Gasteiger partial charge in [-0.05, 0) is 35.4 Å². The largest absolute Gasteiger partial charge is 0.401 e. The molecule has 8 nitrogen and oxygen atoms in total. The number of hydrogen-bond donors (Lipinski definition) is 2. The van der Waals surface area contributed by atoms with Crippen molar-refractivity contribution < 1.29 is 14.8 Å². The van der Waals surface area contributed by atoms with Gasteiger partial charge in [0.05, 0.1) is 17.4 Å². The number of rotatable bonds is 6. The molecule has 0 aliphatic rings. The van der Waals surface area contributed by atoms with Gasteiger partial charge in [-0.2, -0.15) is 0 Å². The van der Waals surface area contributed by atoms with Gasteiger partial charge in [0.1, 0.15) is 6.61 Å². The lowest BCUT2D eigenvalue weighted by Crippen LogP contribution is -2.43. The number of fused-ring (bicyclic) bond motifs is 1. The number of hydrogen-bond acceptors (Lipinski definition) is 5. The van der Waals surface area contributed by atoms with Crippen LogP contribution >= 0.6 is 0 Å². The highest BCUT2D eigenvalue weighted by molar-refractivity contribution is 5.93. The maximum Gasteiger partial charge on any atom is 0.365 e. The Bertz CT molecular complexity index is 1340. The second-order valence-corrected chi connectivity index (χ2v) is 6.88. The zero-order chi connectivity index (χ0) is 21.8. The molecule has 0 saturated heterocycles. The summed E-state index contributed by atoms with van der Waals surface area (Å²) in [4.78, 5) is 43.1. The maximum atomic E-state index is 13.2. The van der Waals surface area contributed by atoms with Crippen molar-refractivity contribution in [3.8, 4) is 0 Å². The Balaban J connectivity index is 1.74. The average Bonchev–Trinajstić information content (AvgIpc) is 2.82. The van der Waals surface area contributed by atoms with Crippen LogP contribution in [-0.2, 0) is 13.2 Å². The summed E-state index contributed by atoms with van der Waals surface area (Å²) in [7, 11) is 0. The van der Waals surface area contributed by atoms with Crippen LogP contribution in [0.4, 0.5) is 0 Å². The van der Waals surface area contributed by atoms with Crippen LogP contribution in [0.1, 0.15) is 21.5 Å². The first kappa shape index (κ1) is 20.1. The molecule has 4 rings (SSSR count). The first-order valence-electron chi connectivity index (χ1n) is 9.53. The van der Waals surface area contributed by atoms with E-state index in [1.807, 2.05) is 30.3 Å². The maximum absolute atomic E-state index is 13.2. The van der Waals surface area contributed by atoms with Gasteiger partial charge in [-0.25, -0.2) is 10.3 Å². The van der Waals surface area contributed by atoms with Crippen molar-refractivity contribution >= 4 is 16.8 Å². The van der Waals surface area contributed by atoms with E-state index in [0.29, 0.717) is 10.9 Å². The number of carbonyl (C=O) groups excluding carboxylic acids is 1. The van der Waals surface area contributed by atoms with Crippen LogP contribution in [0.2, 0.25) is 0 Å². The van der Waals surface area contributed by atoms with Crippen molar-refractivity contribution in [1.82, 2.24) is 14.8 Å². The van der Waals surface area contributed by atoms with Crippen molar-refractivity contribution in [2.75, 3.05) is 0 Å². The monoisotopic (exact) mass is 417 g/mol. The second kappa shape index (κ2) is 8.68. The third kappa shape index (κ3) is 4.10. The lowest BCUT2D eigenvalue weighted by Gasteiger charge is -2.15. The standard InChI is InChI=1S/C23H19N3O5/c27-21(24-30)18-12-10-16(11-13-18)14-25-20-9-5-4-8-19(20)22(28)26(23(25)29)31-15-17-6-2-1-3-7-17/h1-13,30H,14-15H2,(H,24,27). The van der Waals surface area contributed by atoms with Crippen LogP contribution in [0.25, 0.3) is 10.9 Å². The lowest BCUT2D eigenvalue weighted by atomic mass is 10.1. The van der Waals surface area contributed by atoms with Gasteiger partial charge in [0.25, 0.3) is 11.5 Å². The Hall–Kier alpha value is -4.17. The zero-order valence-electron chi connectivity index (χ0n) is 16.4. The van der Waals surface area contributed by atoms with Crippen LogP contribution in [0.15, 0.2) is 88.5 Å². The summed E-state index contributed by atoms with van der Waals surface area (Å²) >= 11 is 0. The quantitative estimate of drug-likeness (QED) is 0.369. The van der Waals surface area contributed by atoms with E-state index >= 15 is 0 Å². The molecule has 1 aromatic heterocycles. The predicted molar refractivity (Wildman–Crippen MR) is 114 cm³/mol. The summed E-state index contributed by atoms with van der Waals surface area (Å²) in [6.07, 6.45) is 0. The predicted octanol–water partition coefficient (Wildman–Crippen LogP) is 1.96. The Kier molecular flexibility index (Phi) is 5.63. The van der Waals surface area contributed by atoms with E-state index in [-0.39, 0.29) is 18.7 Å². The number of nitrogens with zero attached hydrogens (tertiary/aromatic N) is 2. The van der Waals surface area contributed by atoms with E-state index in [1.54, 1.807) is 41.9 Å². The molecule has 0 spiro atoms. The van der Waals surface area contributed by atoms with Crippen LogP contribution in [0.5, 0.6) is 0 Å². The van der Waals surface area contributed by atoms with E-state index < -0.39 is 17.2 Å². The summed E-state index contributed by atoms with van der Waals surface area (Å²) in [5.74, 6) is -0.628. The van der Waals surface area contributed by atoms with Gasteiger partial charge in [-0.3, -0.25) is 19.4 Å². The molecule has 4 aromatic rings. The molecular weight excluding hydrogens is 398 g/mol. The fraction of sp³-hybridized carbons (Fsp3) is 0.0870. The highest BCUT2D eigenvalue weighted by Gasteiger charge is 2.15. The zero-order valence-corrected chi connectivity index (χ0v) is 16.4. The van der Waals surface area contributed by atoms with Crippen molar-refractivity contribution in [1.29, 1.82) is 0 Å². The Morgan fingerprint density at radius 2 is 1.55 bits per heavy atom. The number of para-hydroxylation sites is 1. The molecule has 1 heterocycles. The number of amides is 1. The molecule has 0 fully saturated rings. The molecule has 8 heteroatoms. The van der Waals surface area contributed by atoms with E-state index in [4.69, 9.17) is 10.0 Å². The molecule has 1 amide bonds. The smallest absolute Gasteiger partial charge is 0.365 e. The Morgan fingerprint density at radius 3 is 2.26 bits per heavy atom. The minimum Gasteiger partial charge on any atom is -0.401 e. The van der Waals surface area contributed by atoms with Gasteiger partial charge < -0.3 is 4.84 Å². The molecule has 0 bridgehead atoms. The van der Waals surface area contributed by atoms with Gasteiger partial charge in [0, 0.05) is 5.56 Å². The molecule has 156 valence electrons. The third-order valence-corrected chi connectivity index (χ3v) is 4.88. The SMILES string of the molecule is O=C(NO)c1ccc(Cn2c(=O)n(OCc3ccccc3)c(=O)c3ccccc32)cc1. The van der Waals surface area contributed by atoms with E-state index in [0.717, 1.165) is 15.9 Å². The molecule has 3 aromatic carbocycles. The van der Waals surface area contributed by atoms with Crippen molar-refractivity contribution in [3.05, 3.63) is 116 Å². The number of nitrogens with one attached hydrogen (secondary N) is 1. The number of hydroxylamine groups is 1. The highest BCUT2D eigenvalue weighted by Crippen LogP contribution is 2.11. The average molecular weight is 417 g/mol. The van der Waals surface area contributed by atoms with Crippen LogP contribution in [0, 0.1) is 0 Å². The van der Waals surface area contributed by atoms with Crippen LogP contribution < -0.4 is 21.6 Å². The molecule has 0 saturated carbocycles. The molecule has 0 radical (unpaired) electrons. The van der Waals surface area contributed by atoms with Gasteiger partial charge >= 0.3 is 5.69 Å². The Morgan fingerprint density at radius 1 is 0.871 bits per heavy atom. The molecule has 0 unspecified atom stereocenters. The highest BCUT2D eigenvalue weighted by atomic mass is 16.7. The molecule has 2 N–H and O–H groups in total. The summed E-state index contributed by atoms with van der Waals surface area (Å²) in [6, 6.07) is 22.5. The topological polar surface area (TPSA) is 103 Å². The van der Waals surface area contributed by atoms with Gasteiger partial charge in [-0.15, -0.1) is 0 Å². The van der Waals surface area contributed by atoms with E-state index in [2.05, 4.69) is 0 Å². The van der Waals surface area contributed by atoms with Crippen LogP contribution in [0.3, 0.4) is 0 Å². The van der Waals surface area contributed by atoms with Crippen LogP contribution in [-0.4, -0.2) is 20.4 Å². The number of carbonyl (C=O) groups is 1.